The number of amides is 1. The van der Waals surface area contributed by atoms with Gasteiger partial charge in [-0.3, -0.25) is 4.79 Å². The van der Waals surface area contributed by atoms with Crippen LogP contribution in [0.2, 0.25) is 0 Å². The van der Waals surface area contributed by atoms with Crippen LogP contribution < -0.4 is 25.2 Å². The summed E-state index contributed by atoms with van der Waals surface area (Å²) >= 11 is 0. The molecule has 1 saturated heterocycles. The number of carbonyl (C=O) groups is 1. The lowest BCUT2D eigenvalue weighted by Gasteiger charge is -2.29. The fourth-order valence-corrected chi connectivity index (χ4v) is 4.87. The van der Waals surface area contributed by atoms with Crippen LogP contribution in [0.5, 0.6) is 5.75 Å². The fourth-order valence-electron chi connectivity index (χ4n) is 4.87. The Morgan fingerprint density at radius 1 is 0.971 bits per heavy atom. The minimum absolute atomic E-state index is 0.0604. The summed E-state index contributed by atoms with van der Waals surface area (Å²) in [6, 6.07) is 16.3. The number of nitrogens with one attached hydrogen (secondary N) is 2. The van der Waals surface area contributed by atoms with Crippen molar-refractivity contribution in [1.82, 2.24) is 4.98 Å². The van der Waals surface area contributed by atoms with Crippen LogP contribution in [0.25, 0.3) is 0 Å². The monoisotopic (exact) mass is 457 g/mol. The number of benzene rings is 2. The van der Waals surface area contributed by atoms with Crippen LogP contribution in [0, 0.1) is 0 Å². The third kappa shape index (κ3) is 4.51. The van der Waals surface area contributed by atoms with Gasteiger partial charge in [-0.25, -0.2) is 4.98 Å². The number of fused-ring (bicyclic) bond motifs is 1. The van der Waals surface area contributed by atoms with Gasteiger partial charge in [-0.2, -0.15) is 0 Å². The molecule has 0 bridgehead atoms. The second kappa shape index (κ2) is 9.63. The first-order valence-corrected chi connectivity index (χ1v) is 12.0. The van der Waals surface area contributed by atoms with Crippen molar-refractivity contribution >= 4 is 40.2 Å². The van der Waals surface area contributed by atoms with Crippen molar-refractivity contribution in [1.29, 1.82) is 0 Å². The highest BCUT2D eigenvalue weighted by Gasteiger charge is 2.25. The molecule has 34 heavy (non-hydrogen) atoms. The third-order valence-electron chi connectivity index (χ3n) is 6.58. The Labute approximate surface area is 200 Å². The SMILES string of the molecule is COc1cc(N2CCCCC2)ccc1Nc1cc(Nc2cccc3c2N(C(C)=O)CC3)ccn1. The largest absolute Gasteiger partial charge is 0.494 e. The van der Waals surface area contributed by atoms with Gasteiger partial charge in [-0.1, -0.05) is 12.1 Å². The smallest absolute Gasteiger partial charge is 0.223 e. The molecule has 2 aliphatic rings. The van der Waals surface area contributed by atoms with Crippen LogP contribution in [0.1, 0.15) is 31.7 Å². The van der Waals surface area contributed by atoms with Gasteiger partial charge in [-0.15, -0.1) is 0 Å². The number of hydrogen-bond donors (Lipinski definition) is 2. The molecule has 2 N–H and O–H groups in total. The van der Waals surface area contributed by atoms with Crippen molar-refractivity contribution < 1.29 is 9.53 Å². The number of rotatable bonds is 6. The minimum atomic E-state index is 0.0604. The molecule has 2 aromatic carbocycles. The Kier molecular flexibility index (Phi) is 6.25. The molecule has 7 heteroatoms. The van der Waals surface area contributed by atoms with Crippen LogP contribution in [-0.2, 0) is 11.2 Å². The number of para-hydroxylation sites is 1. The van der Waals surface area contributed by atoms with E-state index in [4.69, 9.17) is 4.74 Å². The molecule has 1 amide bonds. The maximum atomic E-state index is 12.1. The van der Waals surface area contributed by atoms with Gasteiger partial charge in [-0.05, 0) is 55.5 Å². The Morgan fingerprint density at radius 3 is 2.62 bits per heavy atom. The van der Waals surface area contributed by atoms with Crippen LogP contribution in [0.3, 0.4) is 0 Å². The predicted molar refractivity (Wildman–Crippen MR) is 138 cm³/mol. The molecule has 1 fully saturated rings. The molecule has 1 aromatic heterocycles. The molecule has 0 unspecified atom stereocenters. The average molecular weight is 458 g/mol. The number of piperidine rings is 1. The van der Waals surface area contributed by atoms with Gasteiger partial charge in [0.2, 0.25) is 5.91 Å². The summed E-state index contributed by atoms with van der Waals surface area (Å²) in [5.41, 5.74) is 6.04. The lowest BCUT2D eigenvalue weighted by Crippen LogP contribution is -2.29. The summed E-state index contributed by atoms with van der Waals surface area (Å²) in [6.07, 6.45) is 6.43. The zero-order chi connectivity index (χ0) is 23.5. The molecule has 2 aliphatic heterocycles. The molecule has 3 aromatic rings. The number of aromatic nitrogens is 1. The molecular formula is C27H31N5O2. The normalized spacial score (nSPS) is 15.1. The highest BCUT2D eigenvalue weighted by molar-refractivity contribution is 5.98. The van der Waals surface area contributed by atoms with Gasteiger partial charge in [0.05, 0.1) is 24.2 Å². The predicted octanol–water partition coefficient (Wildman–Crippen LogP) is 5.48. The van der Waals surface area contributed by atoms with E-state index in [1.54, 1.807) is 20.2 Å². The van der Waals surface area contributed by atoms with Gasteiger partial charge < -0.3 is 25.2 Å². The topological polar surface area (TPSA) is 69.7 Å². The molecule has 0 atom stereocenters. The maximum Gasteiger partial charge on any atom is 0.223 e. The minimum Gasteiger partial charge on any atom is -0.494 e. The van der Waals surface area contributed by atoms with Gasteiger partial charge in [0.15, 0.2) is 0 Å². The summed E-state index contributed by atoms with van der Waals surface area (Å²) < 4.78 is 5.69. The van der Waals surface area contributed by atoms with Crippen LogP contribution in [-0.4, -0.2) is 37.6 Å². The molecule has 176 valence electrons. The first-order chi connectivity index (χ1) is 16.6. The lowest BCUT2D eigenvalue weighted by atomic mass is 10.1. The average Bonchev–Trinajstić information content (AvgIpc) is 3.31. The van der Waals surface area contributed by atoms with Gasteiger partial charge >= 0.3 is 0 Å². The number of anilines is 6. The van der Waals surface area contributed by atoms with Gasteiger partial charge in [0.25, 0.3) is 0 Å². The first-order valence-electron chi connectivity index (χ1n) is 12.0. The second-order valence-electron chi connectivity index (χ2n) is 8.85. The quantitative estimate of drug-likeness (QED) is 0.511. The van der Waals surface area contributed by atoms with E-state index in [0.29, 0.717) is 5.82 Å². The molecule has 0 radical (unpaired) electrons. The van der Waals surface area contributed by atoms with E-state index in [0.717, 1.165) is 54.6 Å². The lowest BCUT2D eigenvalue weighted by molar-refractivity contribution is -0.116. The zero-order valence-corrected chi connectivity index (χ0v) is 19.8. The van der Waals surface area contributed by atoms with Crippen LogP contribution in [0.4, 0.5) is 34.3 Å². The number of methoxy groups -OCH3 is 1. The number of carbonyl (C=O) groups excluding carboxylic acids is 1. The first kappa shape index (κ1) is 22.1. The number of ether oxygens (including phenoxy) is 1. The number of pyridine rings is 1. The summed E-state index contributed by atoms with van der Waals surface area (Å²) in [7, 11) is 1.70. The molecule has 7 nitrogen and oxygen atoms in total. The number of hydrogen-bond acceptors (Lipinski definition) is 6. The Balaban J connectivity index is 1.36. The Bertz CT molecular complexity index is 1190. The summed E-state index contributed by atoms with van der Waals surface area (Å²) in [4.78, 5) is 20.9. The number of nitrogens with zero attached hydrogens (tertiary/aromatic N) is 3. The standard InChI is InChI=1S/C27H31N5O2/c1-19(33)32-16-12-20-7-6-8-24(27(20)32)29-21-11-13-28-26(17-21)30-23-10-9-22(18-25(23)34-2)31-14-4-3-5-15-31/h6-11,13,17-18H,3-5,12,14-16H2,1-2H3,(H2,28,29,30). The van der Waals surface area contributed by atoms with Crippen molar-refractivity contribution in [3.05, 3.63) is 60.3 Å². The second-order valence-corrected chi connectivity index (χ2v) is 8.85. The summed E-state index contributed by atoms with van der Waals surface area (Å²) in [5.74, 6) is 1.57. The fraction of sp³-hybridized carbons (Fsp3) is 0.333. The molecule has 3 heterocycles. The molecule has 0 saturated carbocycles. The maximum absolute atomic E-state index is 12.1. The van der Waals surface area contributed by atoms with E-state index in [-0.39, 0.29) is 5.91 Å². The van der Waals surface area contributed by atoms with E-state index < -0.39 is 0 Å². The Morgan fingerprint density at radius 2 is 1.82 bits per heavy atom. The highest BCUT2D eigenvalue weighted by Crippen LogP contribution is 2.38. The van der Waals surface area contributed by atoms with E-state index in [2.05, 4.69) is 44.8 Å². The molecular weight excluding hydrogens is 426 g/mol. The van der Waals surface area contributed by atoms with E-state index in [1.807, 2.05) is 29.2 Å². The van der Waals surface area contributed by atoms with E-state index in [1.165, 1.54) is 30.5 Å². The molecule has 5 rings (SSSR count). The van der Waals surface area contributed by atoms with Gasteiger partial charge in [0.1, 0.15) is 11.6 Å². The van der Waals surface area contributed by atoms with Crippen molar-refractivity contribution in [2.24, 2.45) is 0 Å². The van der Waals surface area contributed by atoms with Crippen LogP contribution in [0.15, 0.2) is 54.7 Å². The highest BCUT2D eigenvalue weighted by atomic mass is 16.5. The third-order valence-corrected chi connectivity index (χ3v) is 6.58. The van der Waals surface area contributed by atoms with Crippen molar-refractivity contribution in [2.75, 3.05) is 47.2 Å². The summed E-state index contributed by atoms with van der Waals surface area (Å²) in [5, 5.41) is 6.88. The van der Waals surface area contributed by atoms with Crippen molar-refractivity contribution in [3.8, 4) is 5.75 Å². The van der Waals surface area contributed by atoms with Crippen molar-refractivity contribution in [2.45, 2.75) is 32.6 Å². The summed E-state index contributed by atoms with van der Waals surface area (Å²) in [6.45, 7) is 4.52. The molecule has 0 spiro atoms. The zero-order valence-electron chi connectivity index (χ0n) is 19.8. The van der Waals surface area contributed by atoms with E-state index >= 15 is 0 Å². The van der Waals surface area contributed by atoms with E-state index in [9.17, 15) is 4.79 Å². The van der Waals surface area contributed by atoms with Gasteiger partial charge in [0, 0.05) is 56.3 Å². The van der Waals surface area contributed by atoms with Crippen molar-refractivity contribution in [3.63, 3.8) is 0 Å². The molecule has 0 aliphatic carbocycles. The van der Waals surface area contributed by atoms with Crippen LogP contribution >= 0.6 is 0 Å². The Hall–Kier alpha value is -3.74.